The highest BCUT2D eigenvalue weighted by atomic mass is 35.5. The summed E-state index contributed by atoms with van der Waals surface area (Å²) in [5.74, 6) is 1.18. The van der Waals surface area contributed by atoms with Gasteiger partial charge in [-0.1, -0.05) is 63.4 Å². The number of rotatable bonds is 8. The normalized spacial score (nSPS) is 14.4. The van der Waals surface area contributed by atoms with Gasteiger partial charge in [-0.25, -0.2) is 5.10 Å². The van der Waals surface area contributed by atoms with E-state index in [0.29, 0.717) is 22.9 Å². The van der Waals surface area contributed by atoms with Gasteiger partial charge >= 0.3 is 0 Å². The van der Waals surface area contributed by atoms with Crippen molar-refractivity contribution in [3.63, 3.8) is 0 Å². The second-order valence-electron chi connectivity index (χ2n) is 9.36. The molecule has 0 spiro atoms. The van der Waals surface area contributed by atoms with Crippen LogP contribution in [-0.4, -0.2) is 42.6 Å². The summed E-state index contributed by atoms with van der Waals surface area (Å²) in [6.07, 6.45) is 6.34. The van der Waals surface area contributed by atoms with E-state index in [1.165, 1.54) is 49.3 Å². The first-order chi connectivity index (χ1) is 17.1. The summed E-state index contributed by atoms with van der Waals surface area (Å²) in [6.45, 7) is 5.56. The zero-order valence-electron chi connectivity index (χ0n) is 19.9. The van der Waals surface area contributed by atoms with Gasteiger partial charge in [0.25, 0.3) is 0 Å². The number of hydrogen-bond acceptors (Lipinski definition) is 8. The van der Waals surface area contributed by atoms with Gasteiger partial charge in [-0.15, -0.1) is 5.10 Å². The molecule has 1 fully saturated rings. The molecule has 0 atom stereocenters. The van der Waals surface area contributed by atoms with Gasteiger partial charge in [-0.05, 0) is 64.0 Å². The molecule has 2 N–H and O–H groups in total. The van der Waals surface area contributed by atoms with Gasteiger partial charge in [0.1, 0.15) is 0 Å². The third-order valence-corrected chi connectivity index (χ3v) is 7.26. The first-order valence-corrected chi connectivity index (χ1v) is 13.2. The molecule has 35 heavy (non-hydrogen) atoms. The number of aromatic amines is 1. The molecule has 1 aliphatic carbocycles. The maximum absolute atomic E-state index is 6.04. The van der Waals surface area contributed by atoms with Crippen LogP contribution in [0.25, 0.3) is 22.5 Å². The summed E-state index contributed by atoms with van der Waals surface area (Å²) in [5, 5.41) is 19.0. The fourth-order valence-corrected chi connectivity index (χ4v) is 5.59. The summed E-state index contributed by atoms with van der Waals surface area (Å²) in [5.41, 5.74) is 5.23. The lowest BCUT2D eigenvalue weighted by Crippen LogP contribution is -2.39. The topological polar surface area (TPSA) is 95.5 Å². The third-order valence-electron chi connectivity index (χ3n) is 6.36. The van der Waals surface area contributed by atoms with Crippen molar-refractivity contribution >= 4 is 39.6 Å². The van der Waals surface area contributed by atoms with Crippen molar-refractivity contribution in [2.45, 2.75) is 52.0 Å². The molecule has 0 saturated heterocycles. The summed E-state index contributed by atoms with van der Waals surface area (Å²) >= 11 is 7.30. The highest BCUT2D eigenvalue weighted by Crippen LogP contribution is 2.39. The van der Waals surface area contributed by atoms with E-state index in [9.17, 15) is 0 Å². The molecule has 4 aromatic rings. The van der Waals surface area contributed by atoms with E-state index in [-0.39, 0.29) is 5.28 Å². The maximum atomic E-state index is 6.04. The van der Waals surface area contributed by atoms with Crippen LogP contribution >= 0.6 is 23.1 Å². The van der Waals surface area contributed by atoms with Gasteiger partial charge in [0.15, 0.2) is 5.82 Å². The van der Waals surface area contributed by atoms with Crippen LogP contribution in [0.4, 0.5) is 16.5 Å². The van der Waals surface area contributed by atoms with Gasteiger partial charge in [-0.3, -0.25) is 0 Å². The Hall–Kier alpha value is -3.04. The predicted octanol–water partition coefficient (Wildman–Crippen LogP) is 6.58. The molecular weight excluding hydrogens is 480 g/mol. The zero-order valence-corrected chi connectivity index (χ0v) is 21.5. The lowest BCUT2D eigenvalue weighted by molar-refractivity contribution is 0.401. The molecule has 0 radical (unpaired) electrons. The van der Waals surface area contributed by atoms with Gasteiger partial charge in [0.2, 0.25) is 10.4 Å². The Labute approximate surface area is 214 Å². The standard InChI is InChI=1S/C25H29ClN8S/c1-16(2)15-34(18-8-4-3-5-9-18)22-13-12-17(14-21(22)27-25-28-24(26)31-35-25)19-10-6-7-11-20(19)23-29-32-33-30-23/h6-7,10-14,16,18H,3-5,8-9,15H2,1-2H3,(H,27,28,31)(H,29,30,32,33). The molecule has 0 bridgehead atoms. The predicted molar refractivity (Wildman–Crippen MR) is 142 cm³/mol. The molecule has 2 aromatic carbocycles. The van der Waals surface area contributed by atoms with Crippen LogP contribution in [0, 0.1) is 5.92 Å². The molecule has 0 unspecified atom stereocenters. The second kappa shape index (κ2) is 10.7. The van der Waals surface area contributed by atoms with Crippen LogP contribution in [0.5, 0.6) is 0 Å². The SMILES string of the molecule is CC(C)CN(c1ccc(-c2ccccc2-c2nnn[nH]2)cc1Nc1nc(Cl)ns1)C1CCCCC1. The van der Waals surface area contributed by atoms with Crippen LogP contribution in [0.1, 0.15) is 46.0 Å². The van der Waals surface area contributed by atoms with Crippen LogP contribution < -0.4 is 10.2 Å². The smallest absolute Gasteiger partial charge is 0.236 e. The number of hydrogen-bond donors (Lipinski definition) is 2. The molecule has 1 saturated carbocycles. The third kappa shape index (κ3) is 5.46. The number of aromatic nitrogens is 6. The summed E-state index contributed by atoms with van der Waals surface area (Å²) in [4.78, 5) is 6.94. The molecule has 1 aliphatic rings. The van der Waals surface area contributed by atoms with Crippen LogP contribution in [0.2, 0.25) is 5.28 Å². The molecule has 0 aliphatic heterocycles. The molecule has 0 amide bonds. The lowest BCUT2D eigenvalue weighted by atomic mass is 9.92. The quantitative estimate of drug-likeness (QED) is 0.277. The van der Waals surface area contributed by atoms with Crippen molar-refractivity contribution in [1.82, 2.24) is 30.0 Å². The molecular formula is C25H29ClN8S. The highest BCUT2D eigenvalue weighted by molar-refractivity contribution is 7.10. The Morgan fingerprint density at radius 1 is 1.11 bits per heavy atom. The van der Waals surface area contributed by atoms with Gasteiger partial charge in [-0.2, -0.15) is 9.36 Å². The Morgan fingerprint density at radius 2 is 1.91 bits per heavy atom. The first kappa shape index (κ1) is 23.7. The Bertz CT molecular complexity index is 1250. The van der Waals surface area contributed by atoms with E-state index >= 15 is 0 Å². The van der Waals surface area contributed by atoms with Crippen LogP contribution in [0.15, 0.2) is 42.5 Å². The molecule has 10 heteroatoms. The Morgan fingerprint density at radius 3 is 2.60 bits per heavy atom. The van der Waals surface area contributed by atoms with Gasteiger partial charge < -0.3 is 10.2 Å². The van der Waals surface area contributed by atoms with Crippen LogP contribution in [0.3, 0.4) is 0 Å². The first-order valence-electron chi connectivity index (χ1n) is 12.1. The number of benzene rings is 2. The van der Waals surface area contributed by atoms with E-state index in [1.807, 2.05) is 18.2 Å². The number of H-pyrrole nitrogens is 1. The van der Waals surface area contributed by atoms with Crippen molar-refractivity contribution in [1.29, 1.82) is 0 Å². The summed E-state index contributed by atoms with van der Waals surface area (Å²) in [6, 6.07) is 15.3. The monoisotopic (exact) mass is 508 g/mol. The van der Waals surface area contributed by atoms with Crippen molar-refractivity contribution < 1.29 is 0 Å². The molecule has 8 nitrogen and oxygen atoms in total. The number of nitrogens with one attached hydrogen (secondary N) is 2. The Kier molecular flexibility index (Phi) is 7.24. The van der Waals surface area contributed by atoms with E-state index in [0.717, 1.165) is 28.9 Å². The minimum absolute atomic E-state index is 0.254. The van der Waals surface area contributed by atoms with E-state index in [4.69, 9.17) is 11.6 Å². The molecule has 2 heterocycles. The average Bonchev–Trinajstić information content (AvgIpc) is 3.55. The lowest BCUT2D eigenvalue weighted by Gasteiger charge is -2.38. The number of halogens is 1. The Balaban J connectivity index is 1.60. The number of anilines is 3. The number of tetrazole rings is 1. The van der Waals surface area contributed by atoms with Gasteiger partial charge in [0.05, 0.1) is 11.4 Å². The minimum atomic E-state index is 0.254. The van der Waals surface area contributed by atoms with Crippen molar-refractivity contribution in [2.75, 3.05) is 16.8 Å². The number of nitrogens with zero attached hydrogens (tertiary/aromatic N) is 6. The molecule has 5 rings (SSSR count). The highest BCUT2D eigenvalue weighted by Gasteiger charge is 2.25. The van der Waals surface area contributed by atoms with Crippen LogP contribution in [-0.2, 0) is 0 Å². The van der Waals surface area contributed by atoms with Gasteiger partial charge in [0, 0.05) is 29.7 Å². The fraction of sp³-hybridized carbons (Fsp3) is 0.400. The van der Waals surface area contributed by atoms with Crippen molar-refractivity contribution in [3.05, 3.63) is 47.7 Å². The molecule has 182 valence electrons. The molecule has 2 aromatic heterocycles. The summed E-state index contributed by atoms with van der Waals surface area (Å²) < 4.78 is 4.15. The second-order valence-corrected chi connectivity index (χ2v) is 10.4. The minimum Gasteiger partial charge on any atom is -0.367 e. The van der Waals surface area contributed by atoms with E-state index in [2.05, 4.69) is 78.3 Å². The zero-order chi connectivity index (χ0) is 24.2. The van der Waals surface area contributed by atoms with E-state index < -0.39 is 0 Å². The van der Waals surface area contributed by atoms with Crippen molar-refractivity contribution in [3.8, 4) is 22.5 Å². The largest absolute Gasteiger partial charge is 0.367 e. The van der Waals surface area contributed by atoms with E-state index in [1.54, 1.807) is 0 Å². The summed E-state index contributed by atoms with van der Waals surface area (Å²) in [7, 11) is 0. The maximum Gasteiger partial charge on any atom is 0.236 e. The average molecular weight is 509 g/mol. The van der Waals surface area contributed by atoms with Crippen molar-refractivity contribution in [2.24, 2.45) is 5.92 Å². The fourth-order valence-electron chi connectivity index (χ4n) is 4.87.